The fraction of sp³-hybridized carbons (Fsp3) is 0.588. The van der Waals surface area contributed by atoms with Crippen molar-refractivity contribution in [1.82, 2.24) is 9.55 Å². The highest BCUT2D eigenvalue weighted by atomic mass is 16.5. The number of rotatable bonds is 7. The molecule has 0 aliphatic heterocycles. The Kier molecular flexibility index (Phi) is 4.27. The summed E-state index contributed by atoms with van der Waals surface area (Å²) in [5.74, 6) is 1.74. The van der Waals surface area contributed by atoms with Crippen LogP contribution in [0.25, 0.3) is 11.0 Å². The highest BCUT2D eigenvalue weighted by molar-refractivity contribution is 5.75. The van der Waals surface area contributed by atoms with Crippen LogP contribution in [-0.4, -0.2) is 28.8 Å². The van der Waals surface area contributed by atoms with Crippen LogP contribution in [0.2, 0.25) is 0 Å². The van der Waals surface area contributed by atoms with Gasteiger partial charge in [0, 0.05) is 26.1 Å². The molecule has 2 atom stereocenters. The Hall–Kier alpha value is -1.39. The van der Waals surface area contributed by atoms with Crippen molar-refractivity contribution < 1.29 is 4.74 Å². The van der Waals surface area contributed by atoms with Crippen molar-refractivity contribution in [2.24, 2.45) is 11.7 Å². The first-order chi connectivity index (χ1) is 10.2. The molecule has 1 heterocycles. The summed E-state index contributed by atoms with van der Waals surface area (Å²) in [6.07, 6.45) is 4.54. The lowest BCUT2D eigenvalue weighted by atomic mass is 10.0. The molecular weight excluding hydrogens is 262 g/mol. The van der Waals surface area contributed by atoms with Crippen LogP contribution in [0, 0.1) is 5.92 Å². The third-order valence-corrected chi connectivity index (χ3v) is 4.38. The van der Waals surface area contributed by atoms with Crippen LogP contribution in [0.3, 0.4) is 0 Å². The molecule has 1 aliphatic rings. The number of imidazole rings is 1. The largest absolute Gasteiger partial charge is 0.380 e. The van der Waals surface area contributed by atoms with Crippen molar-refractivity contribution in [2.45, 2.75) is 51.3 Å². The minimum atomic E-state index is 0.0231. The van der Waals surface area contributed by atoms with Gasteiger partial charge in [-0.3, -0.25) is 0 Å². The lowest BCUT2D eigenvalue weighted by Crippen LogP contribution is -2.40. The zero-order chi connectivity index (χ0) is 14.8. The molecule has 1 aromatic carbocycles. The molecule has 4 heteroatoms. The first kappa shape index (κ1) is 14.5. The van der Waals surface area contributed by atoms with E-state index >= 15 is 0 Å². The summed E-state index contributed by atoms with van der Waals surface area (Å²) in [6.45, 7) is 3.18. The summed E-state index contributed by atoms with van der Waals surface area (Å²) < 4.78 is 7.93. The quantitative estimate of drug-likeness (QED) is 0.852. The molecule has 0 radical (unpaired) electrons. The number of para-hydroxylation sites is 2. The average Bonchev–Trinajstić information content (AvgIpc) is 3.25. The zero-order valence-electron chi connectivity index (χ0n) is 13.0. The molecular formula is C17H25N3O. The minimum Gasteiger partial charge on any atom is -0.380 e. The Labute approximate surface area is 126 Å². The fourth-order valence-corrected chi connectivity index (χ4v) is 3.22. The summed E-state index contributed by atoms with van der Waals surface area (Å²) in [6, 6.07) is 8.35. The minimum absolute atomic E-state index is 0.0231. The van der Waals surface area contributed by atoms with Crippen LogP contribution < -0.4 is 5.73 Å². The van der Waals surface area contributed by atoms with Gasteiger partial charge in [0.25, 0.3) is 0 Å². The van der Waals surface area contributed by atoms with Gasteiger partial charge in [-0.05, 0) is 37.3 Å². The van der Waals surface area contributed by atoms with Gasteiger partial charge in [-0.2, -0.15) is 0 Å². The van der Waals surface area contributed by atoms with Gasteiger partial charge in [0.05, 0.1) is 17.1 Å². The highest BCUT2D eigenvalue weighted by Gasteiger charge is 2.35. The van der Waals surface area contributed by atoms with Crippen molar-refractivity contribution >= 4 is 11.0 Å². The van der Waals surface area contributed by atoms with Gasteiger partial charge in [-0.15, -0.1) is 0 Å². The Balaban J connectivity index is 1.86. The summed E-state index contributed by atoms with van der Waals surface area (Å²) in [5.41, 5.74) is 8.68. The van der Waals surface area contributed by atoms with Crippen molar-refractivity contribution in [3.63, 3.8) is 0 Å². The number of benzene rings is 1. The molecule has 1 saturated carbocycles. The normalized spacial score (nSPS) is 18.0. The molecule has 0 bridgehead atoms. The van der Waals surface area contributed by atoms with Crippen molar-refractivity contribution in [1.29, 1.82) is 0 Å². The second-order valence-corrected chi connectivity index (χ2v) is 6.07. The van der Waals surface area contributed by atoms with E-state index in [4.69, 9.17) is 15.5 Å². The molecule has 0 amide bonds. The number of nitrogens with two attached hydrogens (primary N) is 1. The molecule has 2 aromatic rings. The molecule has 4 nitrogen and oxygen atoms in total. The zero-order valence-corrected chi connectivity index (χ0v) is 13.0. The van der Waals surface area contributed by atoms with Crippen molar-refractivity contribution in [2.75, 3.05) is 7.11 Å². The van der Waals surface area contributed by atoms with Gasteiger partial charge in [0.15, 0.2) is 0 Å². The predicted octanol–water partition coefficient (Wildman–Crippen LogP) is 2.74. The summed E-state index contributed by atoms with van der Waals surface area (Å²) >= 11 is 0. The van der Waals surface area contributed by atoms with E-state index in [-0.39, 0.29) is 12.1 Å². The van der Waals surface area contributed by atoms with Crippen LogP contribution >= 0.6 is 0 Å². The second kappa shape index (κ2) is 6.16. The maximum absolute atomic E-state index is 6.41. The number of fused-ring (bicyclic) bond motifs is 1. The Bertz CT molecular complexity index is 603. The van der Waals surface area contributed by atoms with E-state index in [2.05, 4.69) is 29.7 Å². The number of aryl methyl sites for hydroxylation is 1. The van der Waals surface area contributed by atoms with Gasteiger partial charge in [-0.25, -0.2) is 4.98 Å². The van der Waals surface area contributed by atoms with E-state index in [1.807, 2.05) is 6.07 Å². The lowest BCUT2D eigenvalue weighted by Gasteiger charge is -2.22. The second-order valence-electron chi connectivity index (χ2n) is 6.07. The van der Waals surface area contributed by atoms with E-state index in [9.17, 15) is 0 Å². The number of ether oxygens (including phenoxy) is 1. The molecule has 114 valence electrons. The van der Waals surface area contributed by atoms with E-state index in [1.54, 1.807) is 7.11 Å². The average molecular weight is 287 g/mol. The van der Waals surface area contributed by atoms with Gasteiger partial charge in [0.2, 0.25) is 0 Å². The third-order valence-electron chi connectivity index (χ3n) is 4.38. The first-order valence-electron chi connectivity index (χ1n) is 7.97. The first-order valence-corrected chi connectivity index (χ1v) is 7.97. The SMILES string of the molecule is CCCn1c(CC(N)C(OC)C2CC2)nc2ccccc21. The van der Waals surface area contributed by atoms with Crippen LogP contribution in [0.4, 0.5) is 0 Å². The number of nitrogens with zero attached hydrogens (tertiary/aromatic N) is 2. The predicted molar refractivity (Wildman–Crippen MR) is 85.2 cm³/mol. The number of hydrogen-bond acceptors (Lipinski definition) is 3. The van der Waals surface area contributed by atoms with E-state index in [0.717, 1.165) is 30.7 Å². The van der Waals surface area contributed by atoms with Crippen LogP contribution in [0.1, 0.15) is 32.0 Å². The monoisotopic (exact) mass is 287 g/mol. The van der Waals surface area contributed by atoms with Crippen LogP contribution in [0.15, 0.2) is 24.3 Å². The fourth-order valence-electron chi connectivity index (χ4n) is 3.22. The van der Waals surface area contributed by atoms with Gasteiger partial charge in [0.1, 0.15) is 5.82 Å². The molecule has 3 rings (SSSR count). The third kappa shape index (κ3) is 2.97. The molecule has 2 N–H and O–H groups in total. The van der Waals surface area contributed by atoms with Gasteiger partial charge in [-0.1, -0.05) is 19.1 Å². The smallest absolute Gasteiger partial charge is 0.111 e. The molecule has 21 heavy (non-hydrogen) atoms. The van der Waals surface area contributed by atoms with Gasteiger partial charge < -0.3 is 15.0 Å². The Morgan fingerprint density at radius 2 is 2.14 bits per heavy atom. The maximum atomic E-state index is 6.41. The number of hydrogen-bond donors (Lipinski definition) is 1. The van der Waals surface area contributed by atoms with Gasteiger partial charge >= 0.3 is 0 Å². The lowest BCUT2D eigenvalue weighted by molar-refractivity contribution is 0.0619. The molecule has 0 spiro atoms. The van der Waals surface area contributed by atoms with Crippen molar-refractivity contribution in [3.05, 3.63) is 30.1 Å². The number of aromatic nitrogens is 2. The molecule has 0 saturated heterocycles. The van der Waals surface area contributed by atoms with Crippen LogP contribution in [0.5, 0.6) is 0 Å². The van der Waals surface area contributed by atoms with Crippen LogP contribution in [-0.2, 0) is 17.7 Å². The Morgan fingerprint density at radius 1 is 1.38 bits per heavy atom. The Morgan fingerprint density at radius 3 is 2.81 bits per heavy atom. The number of methoxy groups -OCH3 is 1. The maximum Gasteiger partial charge on any atom is 0.111 e. The molecule has 1 aliphatic carbocycles. The molecule has 2 unspecified atom stereocenters. The topological polar surface area (TPSA) is 53.1 Å². The molecule has 1 fully saturated rings. The van der Waals surface area contributed by atoms with E-state index in [1.165, 1.54) is 18.4 Å². The van der Waals surface area contributed by atoms with E-state index in [0.29, 0.717) is 5.92 Å². The molecule has 1 aromatic heterocycles. The van der Waals surface area contributed by atoms with Crippen molar-refractivity contribution in [3.8, 4) is 0 Å². The standard InChI is InChI=1S/C17H25N3O/c1-3-10-20-15-7-5-4-6-14(15)19-16(20)11-13(18)17(21-2)12-8-9-12/h4-7,12-13,17H,3,8-11,18H2,1-2H3. The summed E-state index contributed by atoms with van der Waals surface area (Å²) in [7, 11) is 1.78. The summed E-state index contributed by atoms with van der Waals surface area (Å²) in [5, 5.41) is 0. The highest BCUT2D eigenvalue weighted by Crippen LogP contribution is 2.35. The summed E-state index contributed by atoms with van der Waals surface area (Å²) in [4.78, 5) is 4.80. The van der Waals surface area contributed by atoms with E-state index < -0.39 is 0 Å².